The molecule has 0 radical (unpaired) electrons. The third kappa shape index (κ3) is 3.97. The lowest BCUT2D eigenvalue weighted by atomic mass is 9.76. The summed E-state index contributed by atoms with van der Waals surface area (Å²) in [6.45, 7) is 5.01. The van der Waals surface area contributed by atoms with E-state index in [9.17, 15) is 4.79 Å². The highest BCUT2D eigenvalue weighted by Gasteiger charge is 2.27. The topological polar surface area (TPSA) is 61.5 Å². The first kappa shape index (κ1) is 15.8. The van der Waals surface area contributed by atoms with Gasteiger partial charge in [0.1, 0.15) is 0 Å². The zero-order valence-corrected chi connectivity index (χ0v) is 13.1. The highest BCUT2D eigenvalue weighted by Crippen LogP contribution is 2.36. The first-order valence-electron chi connectivity index (χ1n) is 7.50. The van der Waals surface area contributed by atoms with E-state index < -0.39 is 5.97 Å². The van der Waals surface area contributed by atoms with Gasteiger partial charge in [-0.15, -0.1) is 0 Å². The maximum Gasteiger partial charge on any atom is 0.340 e. The van der Waals surface area contributed by atoms with E-state index in [-0.39, 0.29) is 6.10 Å². The average molecular weight is 291 g/mol. The maximum atomic E-state index is 11.8. The van der Waals surface area contributed by atoms with Crippen molar-refractivity contribution in [1.29, 1.82) is 0 Å². The van der Waals surface area contributed by atoms with Crippen LogP contribution in [0.2, 0.25) is 0 Å². The summed E-state index contributed by atoms with van der Waals surface area (Å²) in [5.41, 5.74) is 7.97. The van der Waals surface area contributed by atoms with E-state index >= 15 is 0 Å². The predicted molar refractivity (Wildman–Crippen MR) is 83.0 cm³/mol. The molecule has 2 N–H and O–H groups in total. The number of anilines is 1. The Kier molecular flexibility index (Phi) is 4.88. The van der Waals surface area contributed by atoms with Crippen molar-refractivity contribution in [1.82, 2.24) is 0 Å². The number of nitrogen functional groups attached to an aromatic ring is 1. The molecule has 1 aliphatic rings. The van der Waals surface area contributed by atoms with Crippen LogP contribution < -0.4 is 5.73 Å². The number of methoxy groups -OCH3 is 1. The first-order valence-corrected chi connectivity index (χ1v) is 7.50. The monoisotopic (exact) mass is 291 g/mol. The lowest BCUT2D eigenvalue weighted by Gasteiger charge is -2.34. The van der Waals surface area contributed by atoms with Crippen molar-refractivity contribution in [3.63, 3.8) is 0 Å². The molecule has 1 aromatic carbocycles. The standard InChI is InChI=1S/C17H25NO3/c1-17(2)9-7-13(8-10-17)21-11-12-5-4-6-14(18)15(12)16(19)20-3/h4-6,13H,7-11,18H2,1-3H3. The van der Waals surface area contributed by atoms with E-state index in [4.69, 9.17) is 15.2 Å². The van der Waals surface area contributed by atoms with Gasteiger partial charge < -0.3 is 15.2 Å². The summed E-state index contributed by atoms with van der Waals surface area (Å²) in [4.78, 5) is 11.8. The number of hydrogen-bond donors (Lipinski definition) is 1. The van der Waals surface area contributed by atoms with E-state index in [1.807, 2.05) is 12.1 Å². The summed E-state index contributed by atoms with van der Waals surface area (Å²) in [5.74, 6) is -0.406. The predicted octanol–water partition coefficient (Wildman–Crippen LogP) is 3.54. The zero-order valence-electron chi connectivity index (χ0n) is 13.1. The van der Waals surface area contributed by atoms with Gasteiger partial charge >= 0.3 is 5.97 Å². The SMILES string of the molecule is COC(=O)c1c(N)cccc1COC1CCC(C)(C)CC1. The summed E-state index contributed by atoms with van der Waals surface area (Å²) in [6, 6.07) is 5.42. The summed E-state index contributed by atoms with van der Waals surface area (Å²) in [7, 11) is 1.36. The Balaban J connectivity index is 2.01. The van der Waals surface area contributed by atoms with E-state index in [0.29, 0.717) is 23.3 Å². The Morgan fingerprint density at radius 2 is 2.00 bits per heavy atom. The number of benzene rings is 1. The van der Waals surface area contributed by atoms with Gasteiger partial charge in [-0.05, 0) is 42.7 Å². The van der Waals surface area contributed by atoms with Gasteiger partial charge in [0.25, 0.3) is 0 Å². The second-order valence-electron chi connectivity index (χ2n) is 6.55. The summed E-state index contributed by atoms with van der Waals surface area (Å²) in [6.07, 6.45) is 4.77. The molecule has 0 heterocycles. The van der Waals surface area contributed by atoms with Gasteiger partial charge in [0.2, 0.25) is 0 Å². The minimum Gasteiger partial charge on any atom is -0.465 e. The van der Waals surface area contributed by atoms with E-state index in [2.05, 4.69) is 13.8 Å². The third-order valence-electron chi connectivity index (χ3n) is 4.33. The molecule has 0 aliphatic heterocycles. The molecule has 116 valence electrons. The number of esters is 1. The molecule has 2 rings (SSSR count). The number of nitrogens with two attached hydrogens (primary N) is 1. The number of rotatable bonds is 4. The van der Waals surface area contributed by atoms with E-state index in [0.717, 1.165) is 18.4 Å². The molecule has 0 saturated heterocycles. The molecule has 0 atom stereocenters. The van der Waals surface area contributed by atoms with Crippen LogP contribution in [0.3, 0.4) is 0 Å². The summed E-state index contributed by atoms with van der Waals surface area (Å²) < 4.78 is 10.8. The number of carbonyl (C=O) groups excluding carboxylic acids is 1. The zero-order chi connectivity index (χ0) is 15.5. The lowest BCUT2D eigenvalue weighted by molar-refractivity contribution is -0.00602. The van der Waals surface area contributed by atoms with Crippen molar-refractivity contribution >= 4 is 11.7 Å². The molecule has 1 saturated carbocycles. The van der Waals surface area contributed by atoms with Crippen LogP contribution in [-0.2, 0) is 16.1 Å². The molecule has 4 heteroatoms. The Morgan fingerprint density at radius 3 is 2.62 bits per heavy atom. The molecule has 0 bridgehead atoms. The van der Waals surface area contributed by atoms with Crippen molar-refractivity contribution in [3.05, 3.63) is 29.3 Å². The molecule has 21 heavy (non-hydrogen) atoms. The molecule has 0 spiro atoms. The Bertz CT molecular complexity index is 501. The number of carbonyl (C=O) groups is 1. The minimum atomic E-state index is -0.406. The fraction of sp³-hybridized carbons (Fsp3) is 0.588. The van der Waals surface area contributed by atoms with Crippen LogP contribution >= 0.6 is 0 Å². The van der Waals surface area contributed by atoms with Crippen LogP contribution in [0.15, 0.2) is 18.2 Å². The number of ether oxygens (including phenoxy) is 2. The van der Waals surface area contributed by atoms with Crippen molar-refractivity contribution in [2.75, 3.05) is 12.8 Å². The fourth-order valence-corrected chi connectivity index (χ4v) is 2.84. The molecule has 0 unspecified atom stereocenters. The van der Waals surface area contributed by atoms with Crippen LogP contribution in [0.5, 0.6) is 0 Å². The lowest BCUT2D eigenvalue weighted by Crippen LogP contribution is -2.26. The molecule has 0 amide bonds. The second kappa shape index (κ2) is 6.48. The summed E-state index contributed by atoms with van der Waals surface area (Å²) in [5, 5.41) is 0. The van der Waals surface area contributed by atoms with Crippen LogP contribution in [0.25, 0.3) is 0 Å². The average Bonchev–Trinajstić information content (AvgIpc) is 2.45. The largest absolute Gasteiger partial charge is 0.465 e. The van der Waals surface area contributed by atoms with Gasteiger partial charge in [0.05, 0.1) is 25.4 Å². The van der Waals surface area contributed by atoms with E-state index in [1.54, 1.807) is 6.07 Å². The van der Waals surface area contributed by atoms with E-state index in [1.165, 1.54) is 20.0 Å². The quantitative estimate of drug-likeness (QED) is 0.681. The van der Waals surface area contributed by atoms with Crippen molar-refractivity contribution in [2.24, 2.45) is 5.41 Å². The second-order valence-corrected chi connectivity index (χ2v) is 6.55. The molecule has 0 aromatic heterocycles. The maximum absolute atomic E-state index is 11.8. The van der Waals surface area contributed by atoms with Gasteiger partial charge in [-0.25, -0.2) is 4.79 Å². The van der Waals surface area contributed by atoms with Crippen molar-refractivity contribution < 1.29 is 14.3 Å². The minimum absolute atomic E-state index is 0.268. The van der Waals surface area contributed by atoms with Gasteiger partial charge in [0.15, 0.2) is 0 Å². The highest BCUT2D eigenvalue weighted by atomic mass is 16.5. The molecule has 1 fully saturated rings. The van der Waals surface area contributed by atoms with Crippen molar-refractivity contribution in [3.8, 4) is 0 Å². The Hall–Kier alpha value is -1.55. The summed E-state index contributed by atoms with van der Waals surface area (Å²) >= 11 is 0. The van der Waals surface area contributed by atoms with Crippen LogP contribution in [-0.4, -0.2) is 19.2 Å². The normalized spacial score (nSPS) is 18.4. The van der Waals surface area contributed by atoms with Gasteiger partial charge in [0, 0.05) is 5.69 Å². The van der Waals surface area contributed by atoms with Gasteiger partial charge in [-0.2, -0.15) is 0 Å². The van der Waals surface area contributed by atoms with Gasteiger partial charge in [-0.3, -0.25) is 0 Å². The Labute approximate surface area is 126 Å². The molecule has 1 aliphatic carbocycles. The number of hydrogen-bond acceptors (Lipinski definition) is 4. The van der Waals surface area contributed by atoms with Gasteiger partial charge in [-0.1, -0.05) is 26.0 Å². The third-order valence-corrected chi connectivity index (χ3v) is 4.33. The smallest absolute Gasteiger partial charge is 0.340 e. The molecule has 4 nitrogen and oxygen atoms in total. The Morgan fingerprint density at radius 1 is 1.33 bits per heavy atom. The molecular formula is C17H25NO3. The van der Waals surface area contributed by atoms with Crippen LogP contribution in [0.4, 0.5) is 5.69 Å². The molecular weight excluding hydrogens is 266 g/mol. The van der Waals surface area contributed by atoms with Crippen LogP contribution in [0.1, 0.15) is 55.5 Å². The first-order chi connectivity index (χ1) is 9.93. The fourth-order valence-electron chi connectivity index (χ4n) is 2.84. The van der Waals surface area contributed by atoms with Crippen molar-refractivity contribution in [2.45, 2.75) is 52.2 Å². The highest BCUT2D eigenvalue weighted by molar-refractivity contribution is 5.96. The van der Waals surface area contributed by atoms with Crippen LogP contribution in [0, 0.1) is 5.41 Å². The molecule has 1 aromatic rings.